The first kappa shape index (κ1) is 12.0. The van der Waals surface area contributed by atoms with Gasteiger partial charge in [0, 0.05) is 6.04 Å². The molecule has 1 aliphatic heterocycles. The van der Waals surface area contributed by atoms with Gasteiger partial charge in [-0.1, -0.05) is 13.5 Å². The van der Waals surface area contributed by atoms with Gasteiger partial charge >= 0.3 is 0 Å². The number of fused-ring (bicyclic) bond motifs is 1. The van der Waals surface area contributed by atoms with Crippen molar-refractivity contribution in [2.75, 3.05) is 4.90 Å². The summed E-state index contributed by atoms with van der Waals surface area (Å²) in [6.07, 6.45) is 2.64. The van der Waals surface area contributed by atoms with Gasteiger partial charge in [0.05, 0.1) is 17.6 Å². The molecule has 0 aliphatic carbocycles. The third-order valence-electron chi connectivity index (χ3n) is 2.98. The summed E-state index contributed by atoms with van der Waals surface area (Å²) in [6, 6.07) is 0.303. The number of nitrogens with zero attached hydrogens (tertiary/aromatic N) is 4. The third-order valence-corrected chi connectivity index (χ3v) is 3.16. The van der Waals surface area contributed by atoms with E-state index in [2.05, 4.69) is 40.3 Å². The predicted molar refractivity (Wildman–Crippen MR) is 71.2 cm³/mol. The second kappa shape index (κ2) is 4.45. The zero-order chi connectivity index (χ0) is 12.6. The van der Waals surface area contributed by atoms with E-state index >= 15 is 0 Å². The van der Waals surface area contributed by atoms with Crippen LogP contribution in [0.5, 0.6) is 0 Å². The van der Waals surface area contributed by atoms with Gasteiger partial charge in [0.25, 0.3) is 0 Å². The zero-order valence-electron chi connectivity index (χ0n) is 10.2. The van der Waals surface area contributed by atoms with Gasteiger partial charge in [-0.2, -0.15) is 4.98 Å². The number of aromatic nitrogens is 2. The van der Waals surface area contributed by atoms with Crippen LogP contribution in [0.25, 0.3) is 0 Å². The number of hydrogen-bond donors (Lipinski definition) is 0. The van der Waals surface area contributed by atoms with Crippen molar-refractivity contribution >= 4 is 28.8 Å². The molecule has 0 N–H and O–H groups in total. The van der Waals surface area contributed by atoms with E-state index in [0.29, 0.717) is 6.04 Å². The van der Waals surface area contributed by atoms with E-state index in [0.717, 1.165) is 29.3 Å². The van der Waals surface area contributed by atoms with Gasteiger partial charge in [0.1, 0.15) is 5.69 Å². The first-order chi connectivity index (χ1) is 8.04. The van der Waals surface area contributed by atoms with E-state index < -0.39 is 0 Å². The number of rotatable bonds is 2. The summed E-state index contributed by atoms with van der Waals surface area (Å²) < 4.78 is 0. The number of hydrogen-bond acceptors (Lipinski definition) is 4. The van der Waals surface area contributed by atoms with Gasteiger partial charge in [-0.05, 0) is 31.9 Å². The lowest BCUT2D eigenvalue weighted by Gasteiger charge is -2.34. The predicted octanol–water partition coefficient (Wildman–Crippen LogP) is 3.35. The molecule has 2 rings (SSSR count). The van der Waals surface area contributed by atoms with Crippen molar-refractivity contribution in [3.8, 4) is 0 Å². The van der Waals surface area contributed by atoms with Crippen LogP contribution in [0.2, 0.25) is 5.28 Å². The van der Waals surface area contributed by atoms with Crippen molar-refractivity contribution in [2.24, 2.45) is 4.99 Å². The summed E-state index contributed by atoms with van der Waals surface area (Å²) in [5.41, 5.74) is 2.52. The van der Waals surface area contributed by atoms with Gasteiger partial charge in [-0.25, -0.2) is 9.98 Å². The zero-order valence-corrected chi connectivity index (χ0v) is 11.0. The highest BCUT2D eigenvalue weighted by Crippen LogP contribution is 2.35. The molecule has 0 saturated heterocycles. The largest absolute Gasteiger partial charge is 0.321 e. The number of allylic oxidation sites excluding steroid dienone is 1. The summed E-state index contributed by atoms with van der Waals surface area (Å²) >= 11 is 5.85. The van der Waals surface area contributed by atoms with E-state index in [1.807, 2.05) is 6.92 Å². The van der Waals surface area contributed by atoms with Crippen LogP contribution < -0.4 is 4.90 Å². The molecule has 0 spiro atoms. The molecule has 90 valence electrons. The number of halogens is 1. The van der Waals surface area contributed by atoms with E-state index in [1.165, 1.54) is 0 Å². The standard InChI is InChI=1S/C12H15ClN4/c1-5-7(2)17-9(4)8(3)15-10-6-14-12(13)16-11(10)17/h6-7H,4-5H2,1-3H3. The Bertz CT molecular complexity index is 495. The van der Waals surface area contributed by atoms with E-state index in [9.17, 15) is 0 Å². The monoisotopic (exact) mass is 250 g/mol. The van der Waals surface area contributed by atoms with E-state index in [-0.39, 0.29) is 5.28 Å². The average molecular weight is 251 g/mol. The Morgan fingerprint density at radius 2 is 2.24 bits per heavy atom. The fraction of sp³-hybridized carbons (Fsp3) is 0.417. The second-order valence-electron chi connectivity index (χ2n) is 4.12. The van der Waals surface area contributed by atoms with Crippen molar-refractivity contribution < 1.29 is 0 Å². The molecule has 1 aliphatic rings. The van der Waals surface area contributed by atoms with Crippen LogP contribution in [0, 0.1) is 0 Å². The molecule has 0 amide bonds. The van der Waals surface area contributed by atoms with Gasteiger partial charge in [0.15, 0.2) is 5.82 Å². The van der Waals surface area contributed by atoms with Crippen LogP contribution in [0.3, 0.4) is 0 Å². The summed E-state index contributed by atoms with van der Waals surface area (Å²) in [6.45, 7) is 10.3. The van der Waals surface area contributed by atoms with Gasteiger partial charge in [-0.3, -0.25) is 0 Å². The Morgan fingerprint density at radius 3 is 2.88 bits per heavy atom. The highest BCUT2D eigenvalue weighted by atomic mass is 35.5. The Morgan fingerprint density at radius 1 is 1.53 bits per heavy atom. The third kappa shape index (κ3) is 2.05. The first-order valence-corrected chi connectivity index (χ1v) is 5.98. The topological polar surface area (TPSA) is 41.4 Å². The number of anilines is 1. The molecular formula is C12H15ClN4. The highest BCUT2D eigenvalue weighted by Gasteiger charge is 2.26. The van der Waals surface area contributed by atoms with E-state index in [1.54, 1.807) is 6.20 Å². The minimum absolute atomic E-state index is 0.236. The van der Waals surface area contributed by atoms with Crippen LogP contribution in [0.1, 0.15) is 27.2 Å². The van der Waals surface area contributed by atoms with Gasteiger partial charge in [0.2, 0.25) is 5.28 Å². The van der Waals surface area contributed by atoms with Crippen molar-refractivity contribution in [2.45, 2.75) is 33.2 Å². The van der Waals surface area contributed by atoms with Crippen LogP contribution in [0.15, 0.2) is 23.5 Å². The molecule has 5 heteroatoms. The Hall–Kier alpha value is -1.42. The molecule has 0 bridgehead atoms. The lowest BCUT2D eigenvalue weighted by atomic mass is 10.1. The molecular weight excluding hydrogens is 236 g/mol. The van der Waals surface area contributed by atoms with Crippen molar-refractivity contribution in [3.63, 3.8) is 0 Å². The van der Waals surface area contributed by atoms with Gasteiger partial charge in [-0.15, -0.1) is 0 Å². The van der Waals surface area contributed by atoms with Crippen LogP contribution >= 0.6 is 11.6 Å². The SMILES string of the molecule is C=C1C(C)=Nc2cnc(Cl)nc2N1C(C)CC. The lowest BCUT2D eigenvalue weighted by molar-refractivity contribution is 0.665. The summed E-state index contributed by atoms with van der Waals surface area (Å²) in [4.78, 5) is 14.7. The summed E-state index contributed by atoms with van der Waals surface area (Å²) in [7, 11) is 0. The maximum Gasteiger partial charge on any atom is 0.224 e. The molecule has 1 unspecified atom stereocenters. The van der Waals surface area contributed by atoms with E-state index in [4.69, 9.17) is 11.6 Å². The Kier molecular flexibility index (Phi) is 3.15. The Labute approximate surface area is 106 Å². The Balaban J connectivity index is 2.58. The van der Waals surface area contributed by atoms with Crippen LogP contribution in [-0.4, -0.2) is 21.7 Å². The minimum Gasteiger partial charge on any atom is -0.321 e. The molecule has 1 aromatic rings. The average Bonchev–Trinajstić information content (AvgIpc) is 2.31. The minimum atomic E-state index is 0.236. The first-order valence-electron chi connectivity index (χ1n) is 5.61. The smallest absolute Gasteiger partial charge is 0.224 e. The normalized spacial score (nSPS) is 16.6. The van der Waals surface area contributed by atoms with Crippen LogP contribution in [-0.2, 0) is 0 Å². The summed E-state index contributed by atoms with van der Waals surface area (Å²) in [5, 5.41) is 0.236. The molecule has 0 saturated carbocycles. The quantitative estimate of drug-likeness (QED) is 0.756. The summed E-state index contributed by atoms with van der Waals surface area (Å²) in [5.74, 6) is 0.745. The molecule has 0 aromatic carbocycles. The molecule has 1 aromatic heterocycles. The highest BCUT2D eigenvalue weighted by molar-refractivity contribution is 6.28. The van der Waals surface area contributed by atoms with Crippen LogP contribution in [0.4, 0.5) is 11.5 Å². The fourth-order valence-electron chi connectivity index (χ4n) is 1.81. The molecule has 4 nitrogen and oxygen atoms in total. The number of aliphatic imine (C=N–C) groups is 1. The van der Waals surface area contributed by atoms with Crippen molar-refractivity contribution in [1.82, 2.24) is 9.97 Å². The molecule has 0 radical (unpaired) electrons. The fourth-order valence-corrected chi connectivity index (χ4v) is 1.94. The maximum atomic E-state index is 5.85. The molecule has 1 atom stereocenters. The molecule has 2 heterocycles. The van der Waals surface area contributed by atoms with Gasteiger partial charge < -0.3 is 4.90 Å². The molecule has 0 fully saturated rings. The van der Waals surface area contributed by atoms with Crippen molar-refractivity contribution in [1.29, 1.82) is 0 Å². The lowest BCUT2D eigenvalue weighted by Crippen LogP contribution is -2.36. The van der Waals surface area contributed by atoms with Crippen molar-refractivity contribution in [3.05, 3.63) is 23.8 Å². The second-order valence-corrected chi connectivity index (χ2v) is 4.46. The maximum absolute atomic E-state index is 5.85. The molecule has 17 heavy (non-hydrogen) atoms.